The van der Waals surface area contributed by atoms with E-state index in [4.69, 9.17) is 9.47 Å². The van der Waals surface area contributed by atoms with Crippen molar-refractivity contribution in [3.63, 3.8) is 0 Å². The lowest BCUT2D eigenvalue weighted by atomic mass is 9.75. The molecule has 1 saturated carbocycles. The van der Waals surface area contributed by atoms with Gasteiger partial charge in [-0.15, -0.1) is 0 Å². The molecule has 6 nitrogen and oxygen atoms in total. The molecule has 6 rings (SSSR count). The Labute approximate surface area is 218 Å². The van der Waals surface area contributed by atoms with Gasteiger partial charge < -0.3 is 19.7 Å². The van der Waals surface area contributed by atoms with Crippen LogP contribution in [0, 0.1) is 17.2 Å². The molecule has 0 amide bonds. The molecule has 3 fully saturated rings. The van der Waals surface area contributed by atoms with Crippen molar-refractivity contribution in [1.29, 1.82) is 0 Å². The van der Waals surface area contributed by atoms with Crippen molar-refractivity contribution in [3.8, 4) is 11.6 Å². The van der Waals surface area contributed by atoms with Crippen molar-refractivity contribution in [2.24, 2.45) is 11.3 Å². The average Bonchev–Trinajstić information content (AvgIpc) is 2.82. The van der Waals surface area contributed by atoms with Gasteiger partial charge in [0.15, 0.2) is 5.82 Å². The molecule has 2 aromatic carbocycles. The van der Waals surface area contributed by atoms with Crippen molar-refractivity contribution in [2.45, 2.75) is 44.6 Å². The second kappa shape index (κ2) is 9.37. The first-order valence-electron chi connectivity index (χ1n) is 13.2. The minimum absolute atomic E-state index is 0.0501. The first-order chi connectivity index (χ1) is 17.8. The van der Waals surface area contributed by atoms with E-state index >= 15 is 4.39 Å². The number of nitrogens with one attached hydrogen (secondary N) is 1. The predicted molar refractivity (Wildman–Crippen MR) is 142 cm³/mol. The van der Waals surface area contributed by atoms with Crippen LogP contribution < -0.4 is 15.0 Å². The number of rotatable bonds is 8. The fourth-order valence-electron chi connectivity index (χ4n) is 5.87. The number of benzene rings is 2. The van der Waals surface area contributed by atoms with Crippen molar-refractivity contribution in [1.82, 2.24) is 15.3 Å². The van der Waals surface area contributed by atoms with E-state index in [0.717, 1.165) is 38.6 Å². The van der Waals surface area contributed by atoms with E-state index in [-0.39, 0.29) is 16.7 Å². The van der Waals surface area contributed by atoms with Gasteiger partial charge in [-0.1, -0.05) is 50.2 Å². The Morgan fingerprint density at radius 1 is 1.03 bits per heavy atom. The quantitative estimate of drug-likeness (QED) is 0.462. The number of aromatic nitrogens is 2. The van der Waals surface area contributed by atoms with Crippen LogP contribution in [-0.2, 0) is 16.6 Å². The molecule has 1 N–H and O–H groups in total. The van der Waals surface area contributed by atoms with Crippen LogP contribution in [0.2, 0.25) is 0 Å². The van der Waals surface area contributed by atoms with Gasteiger partial charge in [-0.2, -0.15) is 9.37 Å². The van der Waals surface area contributed by atoms with Gasteiger partial charge >= 0.3 is 0 Å². The highest BCUT2D eigenvalue weighted by atomic mass is 19.1. The predicted octanol–water partition coefficient (Wildman–Crippen LogP) is 5.11. The standard InChI is InChI=1S/C30H35FN4O2/c1-29(2,22-6-4-20(5-7-22)12-21-13-24(14-21)32-3)23-8-10-25(11-9-23)37-28-26(31)27(33-19-34-28)35-15-30(16-35)17-36-18-30/h4-11,19,21,24,32H,12-18H2,1-3H3. The maximum Gasteiger partial charge on any atom is 0.261 e. The first-order valence-corrected chi connectivity index (χ1v) is 13.2. The summed E-state index contributed by atoms with van der Waals surface area (Å²) in [6.07, 6.45) is 5.06. The highest BCUT2D eigenvalue weighted by Crippen LogP contribution is 2.41. The van der Waals surface area contributed by atoms with Gasteiger partial charge in [-0.05, 0) is 61.1 Å². The third-order valence-electron chi connectivity index (χ3n) is 8.54. The van der Waals surface area contributed by atoms with E-state index in [2.05, 4.69) is 60.4 Å². The Morgan fingerprint density at radius 2 is 1.68 bits per heavy atom. The molecular formula is C30H35FN4O2. The Hall–Kier alpha value is -3.03. The number of ether oxygens (including phenoxy) is 2. The molecular weight excluding hydrogens is 467 g/mol. The van der Waals surface area contributed by atoms with E-state index in [1.165, 1.54) is 35.9 Å². The molecule has 2 saturated heterocycles. The maximum atomic E-state index is 15.1. The van der Waals surface area contributed by atoms with Gasteiger partial charge in [0, 0.05) is 24.5 Å². The van der Waals surface area contributed by atoms with Gasteiger partial charge in [0.2, 0.25) is 5.82 Å². The monoisotopic (exact) mass is 502 g/mol. The molecule has 7 heteroatoms. The Bertz CT molecular complexity index is 1240. The Morgan fingerprint density at radius 3 is 2.27 bits per heavy atom. The zero-order valence-corrected chi connectivity index (χ0v) is 21.8. The minimum atomic E-state index is -0.523. The molecule has 3 heterocycles. The molecule has 2 aliphatic heterocycles. The number of anilines is 1. The molecule has 194 valence electrons. The number of hydrogen-bond donors (Lipinski definition) is 1. The summed E-state index contributed by atoms with van der Waals surface area (Å²) in [5.41, 5.74) is 3.84. The summed E-state index contributed by atoms with van der Waals surface area (Å²) < 4.78 is 26.3. The smallest absolute Gasteiger partial charge is 0.261 e. The lowest BCUT2D eigenvalue weighted by molar-refractivity contribution is -0.127. The molecule has 0 unspecified atom stereocenters. The van der Waals surface area contributed by atoms with Crippen LogP contribution in [0.5, 0.6) is 11.6 Å². The Balaban J connectivity index is 1.10. The van der Waals surface area contributed by atoms with Crippen LogP contribution in [0.3, 0.4) is 0 Å². The van der Waals surface area contributed by atoms with E-state index in [1.54, 1.807) is 0 Å². The normalized spacial score (nSPS) is 22.2. The van der Waals surface area contributed by atoms with Crippen LogP contribution in [0.15, 0.2) is 54.9 Å². The van der Waals surface area contributed by atoms with Crippen molar-refractivity contribution in [3.05, 3.63) is 77.4 Å². The number of nitrogens with zero attached hydrogens (tertiary/aromatic N) is 3. The second-order valence-corrected chi connectivity index (χ2v) is 11.6. The summed E-state index contributed by atoms with van der Waals surface area (Å²) in [5.74, 6) is 1.06. The van der Waals surface area contributed by atoms with Crippen molar-refractivity contribution in [2.75, 3.05) is 38.3 Å². The van der Waals surface area contributed by atoms with Gasteiger partial charge in [0.1, 0.15) is 12.1 Å². The number of hydrogen-bond acceptors (Lipinski definition) is 6. The third kappa shape index (κ3) is 4.59. The molecule has 1 spiro atoms. The average molecular weight is 503 g/mol. The topological polar surface area (TPSA) is 59.5 Å². The molecule has 0 atom stereocenters. The van der Waals surface area contributed by atoms with Gasteiger partial charge in [-0.25, -0.2) is 4.98 Å². The highest BCUT2D eigenvalue weighted by Gasteiger charge is 2.50. The molecule has 0 bridgehead atoms. The molecule has 3 aliphatic rings. The van der Waals surface area contributed by atoms with Gasteiger partial charge in [-0.3, -0.25) is 0 Å². The van der Waals surface area contributed by atoms with E-state index in [0.29, 0.717) is 17.6 Å². The molecule has 1 aromatic heterocycles. The third-order valence-corrected chi connectivity index (χ3v) is 8.54. The molecule has 3 aromatic rings. The summed E-state index contributed by atoms with van der Waals surface area (Å²) in [7, 11) is 2.05. The lowest BCUT2D eigenvalue weighted by Crippen LogP contribution is -2.66. The van der Waals surface area contributed by atoms with Gasteiger partial charge in [0.25, 0.3) is 5.88 Å². The molecule has 1 aliphatic carbocycles. The molecule has 37 heavy (non-hydrogen) atoms. The maximum absolute atomic E-state index is 15.1. The van der Waals surface area contributed by atoms with Crippen LogP contribution in [0.1, 0.15) is 43.4 Å². The van der Waals surface area contributed by atoms with Gasteiger partial charge in [0.05, 0.1) is 18.6 Å². The SMILES string of the molecule is CNC1CC(Cc2ccc(C(C)(C)c3ccc(Oc4ncnc(N5CC6(COC6)C5)c4F)cc3)cc2)C1. The molecule has 0 radical (unpaired) electrons. The highest BCUT2D eigenvalue weighted by molar-refractivity contribution is 5.48. The van der Waals surface area contributed by atoms with E-state index in [9.17, 15) is 0 Å². The van der Waals surface area contributed by atoms with Crippen LogP contribution in [0.4, 0.5) is 10.2 Å². The first kappa shape index (κ1) is 24.3. The fourth-order valence-corrected chi connectivity index (χ4v) is 5.87. The zero-order chi connectivity index (χ0) is 25.6. The van der Waals surface area contributed by atoms with Crippen LogP contribution in [-0.4, -0.2) is 49.4 Å². The Kier molecular flexibility index (Phi) is 6.16. The zero-order valence-electron chi connectivity index (χ0n) is 21.8. The largest absolute Gasteiger partial charge is 0.436 e. The summed E-state index contributed by atoms with van der Waals surface area (Å²) in [6.45, 7) is 7.44. The lowest BCUT2D eigenvalue weighted by Gasteiger charge is -2.55. The van der Waals surface area contributed by atoms with Crippen LogP contribution >= 0.6 is 0 Å². The number of halogens is 1. The van der Waals surface area contributed by atoms with Crippen molar-refractivity contribution < 1.29 is 13.9 Å². The second-order valence-electron chi connectivity index (χ2n) is 11.6. The summed E-state index contributed by atoms with van der Waals surface area (Å²) in [4.78, 5) is 10.1. The minimum Gasteiger partial charge on any atom is -0.436 e. The van der Waals surface area contributed by atoms with E-state index < -0.39 is 5.82 Å². The summed E-state index contributed by atoms with van der Waals surface area (Å²) in [5, 5.41) is 3.36. The van der Waals surface area contributed by atoms with E-state index in [1.807, 2.05) is 29.2 Å². The van der Waals surface area contributed by atoms with Crippen LogP contribution in [0.25, 0.3) is 0 Å². The van der Waals surface area contributed by atoms with Crippen molar-refractivity contribution >= 4 is 5.82 Å². The fraction of sp³-hybridized carbons (Fsp3) is 0.467. The summed E-state index contributed by atoms with van der Waals surface area (Å²) >= 11 is 0. The summed E-state index contributed by atoms with van der Waals surface area (Å²) in [6, 6.07) is 17.6.